The van der Waals surface area contributed by atoms with Gasteiger partial charge in [0.25, 0.3) is 12.0 Å². The number of anilines is 1. The van der Waals surface area contributed by atoms with Gasteiger partial charge < -0.3 is 30.7 Å². The molecule has 1 amide bonds. The van der Waals surface area contributed by atoms with Gasteiger partial charge in [-0.15, -0.1) is 11.3 Å². The highest BCUT2D eigenvalue weighted by Gasteiger charge is 2.57. The molecule has 4 rings (SSSR count). The molecule has 1 saturated heterocycles. The van der Waals surface area contributed by atoms with Crippen molar-refractivity contribution in [2.75, 3.05) is 18.9 Å². The maximum Gasteiger partial charge on any atom is 0.351 e. The lowest BCUT2D eigenvalue weighted by atomic mass is 9.74. The highest BCUT2D eigenvalue weighted by molar-refractivity contribution is 7.80. The van der Waals surface area contributed by atoms with Gasteiger partial charge in [-0.1, -0.05) is 5.16 Å². The molecule has 16 nitrogen and oxygen atoms in total. The highest BCUT2D eigenvalue weighted by atomic mass is 32.3. The Morgan fingerprint density at radius 1 is 1.23 bits per heavy atom. The van der Waals surface area contributed by atoms with Gasteiger partial charge in [0.1, 0.15) is 25.1 Å². The van der Waals surface area contributed by atoms with Crippen molar-refractivity contribution in [2.24, 2.45) is 23.9 Å². The summed E-state index contributed by atoms with van der Waals surface area (Å²) in [6.45, 7) is 2.94. The van der Waals surface area contributed by atoms with E-state index in [2.05, 4.69) is 14.4 Å². The van der Waals surface area contributed by atoms with E-state index in [-0.39, 0.29) is 10.8 Å². The smallest absolute Gasteiger partial charge is 0.351 e. The van der Waals surface area contributed by atoms with Crippen LogP contribution in [-0.2, 0) is 47.4 Å². The molecule has 2 aromatic heterocycles. The average molecular weight is 691 g/mol. The van der Waals surface area contributed by atoms with E-state index in [4.69, 9.17) is 21.0 Å². The lowest BCUT2D eigenvalue weighted by Crippen LogP contribution is -2.68. The molecule has 3 heterocycles. The zero-order valence-electron chi connectivity index (χ0n) is 25.7. The van der Waals surface area contributed by atoms with Gasteiger partial charge in [0.2, 0.25) is 16.1 Å². The minimum Gasteiger partial charge on any atom is -0.724 e. The number of ketones is 1. The number of aliphatic carboxylic acids is 1. The van der Waals surface area contributed by atoms with E-state index in [0.717, 1.165) is 35.4 Å². The number of carboxylic acids is 1. The maximum atomic E-state index is 13.3. The third kappa shape index (κ3) is 8.66. The zero-order valence-corrected chi connectivity index (χ0v) is 27.3. The number of carboxylic acid groups (broad SMARTS) is 1. The number of aryl methyl sites for hydroxylation is 2. The van der Waals surface area contributed by atoms with E-state index in [9.17, 15) is 32.5 Å². The van der Waals surface area contributed by atoms with E-state index in [0.29, 0.717) is 17.4 Å². The van der Waals surface area contributed by atoms with Crippen LogP contribution in [0.4, 0.5) is 5.13 Å². The third-order valence-electron chi connectivity index (χ3n) is 7.42. The first kappa shape index (κ1) is 35.4. The van der Waals surface area contributed by atoms with Crippen molar-refractivity contribution >= 4 is 50.2 Å². The Balaban J connectivity index is 1.45. The minimum atomic E-state index is -5.24. The molecule has 1 unspecified atom stereocenters. The number of nitrogen functional groups attached to an aromatic ring is 1. The molecule has 2 atom stereocenters. The van der Waals surface area contributed by atoms with Crippen LogP contribution in [-0.4, -0.2) is 76.3 Å². The zero-order chi connectivity index (χ0) is 34.5. The number of aromatic nitrogens is 2. The van der Waals surface area contributed by atoms with Gasteiger partial charge in [-0.05, 0) is 63.6 Å². The number of carbonyl (C=O) groups is 3. The Kier molecular flexibility index (Phi) is 10.9. The number of ether oxygens (including phenoxy) is 1. The first-order chi connectivity index (χ1) is 22.1. The van der Waals surface area contributed by atoms with Crippen LogP contribution in [0.5, 0.6) is 5.75 Å². The van der Waals surface area contributed by atoms with Crippen molar-refractivity contribution in [2.45, 2.75) is 44.8 Å². The number of nitrogens with two attached hydrogens (primary N) is 2. The van der Waals surface area contributed by atoms with Crippen LogP contribution >= 0.6 is 11.3 Å². The fourth-order valence-electron chi connectivity index (χ4n) is 4.86. The summed E-state index contributed by atoms with van der Waals surface area (Å²) in [5.74, 6) is -3.88. The van der Waals surface area contributed by atoms with Crippen molar-refractivity contribution in [3.8, 4) is 17.0 Å². The van der Waals surface area contributed by atoms with E-state index in [1.165, 1.54) is 24.8 Å². The third-order valence-corrected chi connectivity index (χ3v) is 8.43. The van der Waals surface area contributed by atoms with Gasteiger partial charge in [0.05, 0.1) is 11.5 Å². The van der Waals surface area contributed by atoms with Crippen LogP contribution in [0.2, 0.25) is 0 Å². The molecule has 1 aromatic carbocycles. The van der Waals surface area contributed by atoms with Crippen LogP contribution < -0.4 is 20.8 Å². The molecule has 0 spiro atoms. The van der Waals surface area contributed by atoms with E-state index in [1.54, 1.807) is 12.1 Å². The van der Waals surface area contributed by atoms with Crippen molar-refractivity contribution in [3.63, 3.8) is 0 Å². The molecule has 1 aliphatic heterocycles. The molecule has 1 fully saturated rings. The van der Waals surface area contributed by atoms with Crippen LogP contribution in [0.15, 0.2) is 53.1 Å². The number of Topliss-reactive ketones (excluding diaryl/α,β-unsaturated/α-hetero) is 1. The number of hydroxylamine groups is 2. The summed E-state index contributed by atoms with van der Waals surface area (Å²) in [7, 11) is -3.30. The number of amides is 1. The number of carbonyl (C=O) groups excluding carboxylic acids is 2. The van der Waals surface area contributed by atoms with E-state index < -0.39 is 64.4 Å². The van der Waals surface area contributed by atoms with Crippen molar-refractivity contribution in [3.05, 3.63) is 59.2 Å². The molecule has 5 N–H and O–H groups in total. The molecule has 18 heteroatoms. The number of pyridine rings is 1. The monoisotopic (exact) mass is 690 g/mol. The number of β-lactam (4-membered cyclic amide) rings is 1. The summed E-state index contributed by atoms with van der Waals surface area (Å²) in [5, 5.41) is 15.4. The van der Waals surface area contributed by atoms with E-state index in [1.807, 2.05) is 42.1 Å². The molecule has 47 heavy (non-hydrogen) atoms. The van der Waals surface area contributed by atoms with Crippen LogP contribution in [0.3, 0.4) is 0 Å². The summed E-state index contributed by atoms with van der Waals surface area (Å²) in [6.07, 6.45) is 1.65. The first-order valence-corrected chi connectivity index (χ1v) is 16.4. The number of thiazole rings is 1. The maximum absolute atomic E-state index is 13.3. The second-order valence-electron chi connectivity index (χ2n) is 11.2. The summed E-state index contributed by atoms with van der Waals surface area (Å²) in [4.78, 5) is 47.1. The van der Waals surface area contributed by atoms with Crippen LogP contribution in [0.1, 0.15) is 37.9 Å². The molecule has 0 saturated carbocycles. The Labute approximate surface area is 274 Å². The van der Waals surface area contributed by atoms with Crippen LogP contribution in [0.25, 0.3) is 11.3 Å². The lowest BCUT2D eigenvalue weighted by molar-refractivity contribution is -0.660. The van der Waals surface area contributed by atoms with Crippen molar-refractivity contribution < 1.29 is 50.9 Å². The fourth-order valence-corrected chi connectivity index (χ4v) is 5.85. The topological polar surface area (TPSA) is 241 Å². The molecule has 3 aromatic rings. The lowest BCUT2D eigenvalue weighted by Gasteiger charge is -2.51. The number of nitrogens with zero attached hydrogens (tertiary/aromatic N) is 4. The molecular weight excluding hydrogens is 656 g/mol. The number of hydrogen-bond acceptors (Lipinski definition) is 14. The summed E-state index contributed by atoms with van der Waals surface area (Å²) >= 11 is 0.982. The summed E-state index contributed by atoms with van der Waals surface area (Å²) in [5.41, 5.74) is 12.5. The quantitative estimate of drug-likeness (QED) is 0.0474. The summed E-state index contributed by atoms with van der Waals surface area (Å²) < 4.78 is 44.9. The van der Waals surface area contributed by atoms with Crippen molar-refractivity contribution in [1.29, 1.82) is 0 Å². The molecular formula is C29H34N6O10S2. The van der Waals surface area contributed by atoms with Gasteiger partial charge in [-0.3, -0.25) is 9.59 Å². The Morgan fingerprint density at radius 3 is 2.49 bits per heavy atom. The summed E-state index contributed by atoms with van der Waals surface area (Å²) in [6, 6.07) is 11.0. The Bertz CT molecular complexity index is 1780. The van der Waals surface area contributed by atoms with Gasteiger partial charge in [-0.2, -0.15) is 9.35 Å². The SMILES string of the molecule is C[n+]1cc(CCCN)ccc1-c1ccc(OCC(O/N=C(\C(=O)C[C@@H]2C(=O)N(OS(=O)(=O)[O-])C2(C)C)c2csc(N)n2)C(=O)O)cc1. The predicted octanol–water partition coefficient (Wildman–Crippen LogP) is 0.949. The van der Waals surface area contributed by atoms with Crippen LogP contribution in [0, 0.1) is 5.92 Å². The Morgan fingerprint density at radius 2 is 1.94 bits per heavy atom. The van der Waals surface area contributed by atoms with Gasteiger partial charge in [-0.25, -0.2) is 22.8 Å². The molecule has 252 valence electrons. The minimum absolute atomic E-state index is 0.0291. The van der Waals surface area contributed by atoms with Gasteiger partial charge >= 0.3 is 5.97 Å². The first-order valence-electron chi connectivity index (χ1n) is 14.2. The average Bonchev–Trinajstić information content (AvgIpc) is 3.44. The molecule has 0 aliphatic carbocycles. The largest absolute Gasteiger partial charge is 0.724 e. The molecule has 0 bridgehead atoms. The van der Waals surface area contributed by atoms with Crippen molar-refractivity contribution in [1.82, 2.24) is 10.0 Å². The molecule has 1 aliphatic rings. The number of hydrogen-bond donors (Lipinski definition) is 3. The fraction of sp³-hybridized carbons (Fsp3) is 0.379. The highest BCUT2D eigenvalue weighted by Crippen LogP contribution is 2.40. The number of benzene rings is 1. The van der Waals surface area contributed by atoms with E-state index >= 15 is 0 Å². The number of rotatable bonds is 16. The Hall–Kier alpha value is -4.49. The second kappa shape index (κ2) is 14.5. The van der Waals surface area contributed by atoms with Gasteiger partial charge in [0, 0.05) is 29.0 Å². The van der Waals surface area contributed by atoms with Gasteiger partial charge in [0.15, 0.2) is 22.8 Å². The second-order valence-corrected chi connectivity index (χ2v) is 13.0. The number of oxime groups is 1. The standard InChI is InChI=1S/C29H34N6O10S2/c1-29(2)20(26(37)35(29)45-47(40,41)42)13-23(36)25(21-16-46-28(31)32-21)33-44-24(27(38)39)15-43-19-9-7-18(8-10-19)22-11-6-17(5-4-12-30)14-34(22)3/h6-11,14,16,20,24H,4-5,12-13,15,30H2,1-3H3,(H3-,31,32,38,39,40,41,42)/b33-25-/t20-,24?/m1/s1. The molecule has 0 radical (unpaired) electrons. The predicted molar refractivity (Wildman–Crippen MR) is 166 cm³/mol. The normalized spacial score (nSPS) is 16.8.